The smallest absolute Gasteiger partial charge is 0.388 e. The van der Waals surface area contributed by atoms with Crippen LogP contribution in [0.5, 0.6) is 0 Å². The predicted octanol–water partition coefficient (Wildman–Crippen LogP) is 2.30. The Bertz CT molecular complexity index is 541. The Hall–Kier alpha value is -1.42. The van der Waals surface area contributed by atoms with E-state index in [1.807, 2.05) is 13.8 Å². The van der Waals surface area contributed by atoms with E-state index >= 15 is 0 Å². The monoisotopic (exact) mass is 270 g/mol. The molecule has 1 aliphatic heterocycles. The maximum absolute atomic E-state index is 6.20. The van der Waals surface area contributed by atoms with Crippen molar-refractivity contribution >= 4 is 18.9 Å². The minimum absolute atomic E-state index is 0.675. The summed E-state index contributed by atoms with van der Waals surface area (Å²) in [5, 5.41) is 2.50. The van der Waals surface area contributed by atoms with E-state index < -0.39 is 8.56 Å². The zero-order chi connectivity index (χ0) is 13.3. The Kier molecular flexibility index (Phi) is 3.27. The Morgan fingerprint density at radius 1 is 0.737 bits per heavy atom. The molecule has 0 atom stereocenters. The molecular formula is C16H18O2Si. The van der Waals surface area contributed by atoms with Crippen LogP contribution < -0.4 is 10.4 Å². The molecule has 1 heterocycles. The summed E-state index contributed by atoms with van der Waals surface area (Å²) in [6, 6.07) is 17.0. The molecule has 19 heavy (non-hydrogen) atoms. The summed E-state index contributed by atoms with van der Waals surface area (Å²) in [6.07, 6.45) is 0. The lowest BCUT2D eigenvalue weighted by Crippen LogP contribution is -2.60. The highest BCUT2D eigenvalue weighted by molar-refractivity contribution is 6.96. The molecule has 2 nitrogen and oxygen atoms in total. The fourth-order valence-corrected chi connectivity index (χ4v) is 6.50. The van der Waals surface area contributed by atoms with Crippen molar-refractivity contribution in [3.8, 4) is 11.1 Å². The van der Waals surface area contributed by atoms with Crippen LogP contribution in [0.25, 0.3) is 11.1 Å². The Morgan fingerprint density at radius 3 is 1.58 bits per heavy atom. The molecule has 0 saturated carbocycles. The molecule has 0 bridgehead atoms. The van der Waals surface area contributed by atoms with E-state index in [9.17, 15) is 0 Å². The van der Waals surface area contributed by atoms with Gasteiger partial charge in [0.1, 0.15) is 0 Å². The van der Waals surface area contributed by atoms with Gasteiger partial charge in [-0.2, -0.15) is 0 Å². The van der Waals surface area contributed by atoms with E-state index in [0.29, 0.717) is 13.2 Å². The molecule has 0 radical (unpaired) electrons. The van der Waals surface area contributed by atoms with Crippen LogP contribution in [0.1, 0.15) is 13.8 Å². The van der Waals surface area contributed by atoms with Gasteiger partial charge in [-0.05, 0) is 25.0 Å². The van der Waals surface area contributed by atoms with Crippen molar-refractivity contribution in [2.75, 3.05) is 13.2 Å². The molecular weight excluding hydrogens is 252 g/mol. The summed E-state index contributed by atoms with van der Waals surface area (Å²) in [6.45, 7) is 5.43. The molecule has 2 aromatic carbocycles. The second kappa shape index (κ2) is 4.93. The first-order valence-corrected chi connectivity index (χ1v) is 8.62. The molecule has 0 aliphatic carbocycles. The Balaban J connectivity index is 2.28. The van der Waals surface area contributed by atoms with Gasteiger partial charge in [-0.3, -0.25) is 0 Å². The van der Waals surface area contributed by atoms with Gasteiger partial charge in [-0.25, -0.2) is 0 Å². The quantitative estimate of drug-likeness (QED) is 0.794. The largest absolute Gasteiger partial charge is 0.408 e. The van der Waals surface area contributed by atoms with Crippen LogP contribution in [0.2, 0.25) is 0 Å². The second-order valence-corrected chi connectivity index (χ2v) is 7.46. The van der Waals surface area contributed by atoms with Crippen molar-refractivity contribution in [1.82, 2.24) is 0 Å². The first-order valence-electron chi connectivity index (χ1n) is 6.80. The lowest BCUT2D eigenvalue weighted by atomic mass is 10.1. The molecule has 98 valence electrons. The lowest BCUT2D eigenvalue weighted by Gasteiger charge is -2.27. The SMILES string of the molecule is CCO[Si]1(OCC)c2ccccc2-c2ccccc21. The van der Waals surface area contributed by atoms with Crippen molar-refractivity contribution in [2.24, 2.45) is 0 Å². The van der Waals surface area contributed by atoms with E-state index in [0.717, 1.165) is 0 Å². The molecule has 0 saturated heterocycles. The molecule has 2 aromatic rings. The number of rotatable bonds is 4. The summed E-state index contributed by atoms with van der Waals surface area (Å²) in [5.74, 6) is 0. The fourth-order valence-electron chi connectivity index (χ4n) is 2.91. The van der Waals surface area contributed by atoms with Gasteiger partial charge in [0, 0.05) is 23.6 Å². The second-order valence-electron chi connectivity index (χ2n) is 4.57. The first kappa shape index (κ1) is 12.6. The van der Waals surface area contributed by atoms with Gasteiger partial charge in [-0.1, -0.05) is 48.5 Å². The average Bonchev–Trinajstić information content (AvgIpc) is 2.72. The van der Waals surface area contributed by atoms with Gasteiger partial charge in [0.15, 0.2) is 0 Å². The van der Waals surface area contributed by atoms with E-state index in [4.69, 9.17) is 8.85 Å². The molecule has 3 heteroatoms. The maximum atomic E-state index is 6.20. The number of benzene rings is 2. The molecule has 0 unspecified atom stereocenters. The zero-order valence-corrected chi connectivity index (χ0v) is 12.3. The Morgan fingerprint density at radius 2 is 1.16 bits per heavy atom. The summed E-state index contributed by atoms with van der Waals surface area (Å²) in [7, 11) is -2.47. The van der Waals surface area contributed by atoms with E-state index in [2.05, 4.69) is 48.5 Å². The van der Waals surface area contributed by atoms with Crippen LogP contribution in [0, 0.1) is 0 Å². The fraction of sp³-hybridized carbons (Fsp3) is 0.250. The predicted molar refractivity (Wildman–Crippen MR) is 80.2 cm³/mol. The van der Waals surface area contributed by atoms with Crippen LogP contribution in [-0.4, -0.2) is 21.8 Å². The van der Waals surface area contributed by atoms with Gasteiger partial charge in [-0.15, -0.1) is 0 Å². The standard InChI is InChI=1S/C16H18O2Si/c1-3-17-19(18-4-2)15-11-7-5-9-13(15)14-10-6-8-12-16(14)19/h5-12H,3-4H2,1-2H3. The van der Waals surface area contributed by atoms with Gasteiger partial charge >= 0.3 is 8.56 Å². The summed E-state index contributed by atoms with van der Waals surface area (Å²) in [4.78, 5) is 0. The molecule has 3 rings (SSSR count). The zero-order valence-electron chi connectivity index (χ0n) is 11.3. The number of hydrogen-bond donors (Lipinski definition) is 0. The third kappa shape index (κ3) is 1.77. The number of fused-ring (bicyclic) bond motifs is 3. The van der Waals surface area contributed by atoms with Crippen molar-refractivity contribution in [3.63, 3.8) is 0 Å². The van der Waals surface area contributed by atoms with Gasteiger partial charge < -0.3 is 8.85 Å². The highest BCUT2D eigenvalue weighted by Gasteiger charge is 2.49. The normalized spacial score (nSPS) is 15.1. The van der Waals surface area contributed by atoms with Crippen LogP contribution in [0.15, 0.2) is 48.5 Å². The van der Waals surface area contributed by atoms with E-state index in [1.165, 1.54) is 21.5 Å². The van der Waals surface area contributed by atoms with Crippen molar-refractivity contribution in [3.05, 3.63) is 48.5 Å². The number of hydrogen-bond acceptors (Lipinski definition) is 2. The maximum Gasteiger partial charge on any atom is 0.408 e. The Labute approximate surface area is 115 Å². The lowest BCUT2D eigenvalue weighted by molar-refractivity contribution is 0.209. The van der Waals surface area contributed by atoms with Gasteiger partial charge in [0.25, 0.3) is 0 Å². The molecule has 0 N–H and O–H groups in total. The van der Waals surface area contributed by atoms with Crippen LogP contribution >= 0.6 is 0 Å². The van der Waals surface area contributed by atoms with Gasteiger partial charge in [0.05, 0.1) is 0 Å². The molecule has 1 aliphatic rings. The van der Waals surface area contributed by atoms with E-state index in [-0.39, 0.29) is 0 Å². The molecule has 0 fully saturated rings. The minimum atomic E-state index is -2.47. The molecule has 0 spiro atoms. The third-order valence-electron chi connectivity index (χ3n) is 3.55. The average molecular weight is 270 g/mol. The van der Waals surface area contributed by atoms with Crippen LogP contribution in [-0.2, 0) is 8.85 Å². The van der Waals surface area contributed by atoms with Crippen LogP contribution in [0.4, 0.5) is 0 Å². The minimum Gasteiger partial charge on any atom is -0.388 e. The van der Waals surface area contributed by atoms with E-state index in [1.54, 1.807) is 0 Å². The summed E-state index contributed by atoms with van der Waals surface area (Å²) in [5.41, 5.74) is 2.54. The highest BCUT2D eigenvalue weighted by atomic mass is 28.4. The third-order valence-corrected chi connectivity index (χ3v) is 7.23. The van der Waals surface area contributed by atoms with Crippen molar-refractivity contribution in [1.29, 1.82) is 0 Å². The van der Waals surface area contributed by atoms with Crippen molar-refractivity contribution < 1.29 is 8.85 Å². The highest BCUT2D eigenvalue weighted by Crippen LogP contribution is 2.29. The topological polar surface area (TPSA) is 18.5 Å². The van der Waals surface area contributed by atoms with Gasteiger partial charge in [0.2, 0.25) is 0 Å². The summed E-state index contributed by atoms with van der Waals surface area (Å²) >= 11 is 0. The molecule has 0 aromatic heterocycles. The first-order chi connectivity index (χ1) is 9.33. The molecule has 0 amide bonds. The van der Waals surface area contributed by atoms with Crippen LogP contribution in [0.3, 0.4) is 0 Å². The van der Waals surface area contributed by atoms with Crippen molar-refractivity contribution in [2.45, 2.75) is 13.8 Å². The summed E-state index contributed by atoms with van der Waals surface area (Å²) < 4.78 is 12.4.